The van der Waals surface area contributed by atoms with Crippen LogP contribution in [0.25, 0.3) is 11.1 Å². The Balaban J connectivity index is 1.43. The minimum Gasteiger partial charge on any atom is -0.379 e. The molecule has 1 aliphatic heterocycles. The summed E-state index contributed by atoms with van der Waals surface area (Å²) in [4.78, 5) is 27.4. The molecule has 1 fully saturated rings. The average molecular weight is 440 g/mol. The van der Waals surface area contributed by atoms with Crippen molar-refractivity contribution < 1.29 is 14.3 Å². The molecule has 1 amide bonds. The topological polar surface area (TPSA) is 82.4 Å². The maximum absolute atomic E-state index is 12.9. The van der Waals surface area contributed by atoms with Crippen molar-refractivity contribution in [2.75, 3.05) is 38.2 Å². The molecule has 1 heterocycles. The van der Waals surface area contributed by atoms with Gasteiger partial charge in [-0.15, -0.1) is 0 Å². The van der Waals surface area contributed by atoms with Gasteiger partial charge in [-0.05, 0) is 34.9 Å². The number of ketones is 1. The second-order valence-electron chi connectivity index (χ2n) is 7.97. The molecule has 166 valence electrons. The van der Waals surface area contributed by atoms with Crippen molar-refractivity contribution in [2.45, 2.75) is 6.42 Å². The average Bonchev–Trinajstić information content (AvgIpc) is 2.85. The number of hydrogen-bond donors (Lipinski definition) is 1. The molecule has 0 saturated carbocycles. The Morgan fingerprint density at radius 1 is 0.939 bits per heavy atom. The van der Waals surface area contributed by atoms with E-state index in [-0.39, 0.29) is 24.7 Å². The van der Waals surface area contributed by atoms with Gasteiger partial charge < -0.3 is 10.1 Å². The van der Waals surface area contributed by atoms with E-state index in [2.05, 4.69) is 11.4 Å². The van der Waals surface area contributed by atoms with Crippen molar-refractivity contribution in [3.05, 3.63) is 89.5 Å². The molecular weight excluding hydrogens is 414 g/mol. The maximum Gasteiger partial charge on any atom is 0.238 e. The fraction of sp³-hybridized carbons (Fsp3) is 0.222. The Bertz CT molecular complexity index is 1160. The van der Waals surface area contributed by atoms with Crippen molar-refractivity contribution in [1.82, 2.24) is 4.90 Å². The van der Waals surface area contributed by atoms with Crippen LogP contribution in [0.5, 0.6) is 0 Å². The van der Waals surface area contributed by atoms with Crippen molar-refractivity contribution in [1.29, 1.82) is 5.26 Å². The van der Waals surface area contributed by atoms with Gasteiger partial charge in [0.1, 0.15) is 6.07 Å². The van der Waals surface area contributed by atoms with Gasteiger partial charge in [0.2, 0.25) is 5.91 Å². The highest BCUT2D eigenvalue weighted by Crippen LogP contribution is 2.22. The van der Waals surface area contributed by atoms with Gasteiger partial charge in [0.15, 0.2) is 5.78 Å². The van der Waals surface area contributed by atoms with Gasteiger partial charge in [0.25, 0.3) is 0 Å². The van der Waals surface area contributed by atoms with E-state index in [4.69, 9.17) is 4.74 Å². The number of amides is 1. The van der Waals surface area contributed by atoms with E-state index in [1.54, 1.807) is 18.2 Å². The summed E-state index contributed by atoms with van der Waals surface area (Å²) in [5.74, 6) is -0.287. The first kappa shape index (κ1) is 22.4. The van der Waals surface area contributed by atoms with Crippen molar-refractivity contribution in [2.24, 2.45) is 0 Å². The number of morpholine rings is 1. The van der Waals surface area contributed by atoms with E-state index in [1.165, 1.54) is 0 Å². The summed E-state index contributed by atoms with van der Waals surface area (Å²) in [5, 5.41) is 12.2. The van der Waals surface area contributed by atoms with E-state index in [0.717, 1.165) is 16.7 Å². The lowest BCUT2D eigenvalue weighted by Crippen LogP contribution is -2.41. The molecule has 6 heteroatoms. The number of nitriles is 1. The molecule has 6 nitrogen and oxygen atoms in total. The second-order valence-corrected chi connectivity index (χ2v) is 7.97. The van der Waals surface area contributed by atoms with Crippen LogP contribution in [0.1, 0.15) is 21.5 Å². The molecule has 3 aromatic rings. The van der Waals surface area contributed by atoms with Crippen LogP contribution in [-0.2, 0) is 16.0 Å². The lowest BCUT2D eigenvalue weighted by atomic mass is 9.98. The molecule has 4 rings (SSSR count). The molecule has 0 radical (unpaired) electrons. The Morgan fingerprint density at radius 2 is 1.64 bits per heavy atom. The van der Waals surface area contributed by atoms with Crippen molar-refractivity contribution in [3.63, 3.8) is 0 Å². The van der Waals surface area contributed by atoms with Crippen LogP contribution < -0.4 is 5.32 Å². The molecule has 0 aromatic heterocycles. The molecule has 1 aliphatic rings. The molecule has 1 saturated heterocycles. The fourth-order valence-electron chi connectivity index (χ4n) is 3.80. The number of hydrogen-bond acceptors (Lipinski definition) is 5. The Hall–Kier alpha value is -3.79. The molecule has 0 atom stereocenters. The first-order chi connectivity index (χ1) is 16.1. The SMILES string of the molecule is N#Cc1ccc(C(=O)Cc2ccc(-c3ccccc3)cc2)cc1NC(=O)CN1CCOCC1. The summed E-state index contributed by atoms with van der Waals surface area (Å²) < 4.78 is 5.30. The smallest absolute Gasteiger partial charge is 0.238 e. The number of benzene rings is 3. The van der Waals surface area contributed by atoms with Crippen LogP contribution >= 0.6 is 0 Å². The molecular formula is C27H25N3O3. The zero-order chi connectivity index (χ0) is 23.0. The van der Waals surface area contributed by atoms with E-state index in [0.29, 0.717) is 43.1 Å². The Labute approximate surface area is 193 Å². The van der Waals surface area contributed by atoms with Gasteiger partial charge in [0, 0.05) is 25.1 Å². The maximum atomic E-state index is 12.9. The minimum absolute atomic E-state index is 0.0735. The number of ether oxygens (including phenoxy) is 1. The lowest BCUT2D eigenvalue weighted by Gasteiger charge is -2.25. The molecule has 0 spiro atoms. The first-order valence-corrected chi connectivity index (χ1v) is 10.9. The molecule has 3 aromatic carbocycles. The van der Waals surface area contributed by atoms with Crippen LogP contribution in [0.2, 0.25) is 0 Å². The number of Topliss-reactive ketones (excluding diaryl/α,β-unsaturated/α-hetero) is 1. The van der Waals surface area contributed by atoms with Gasteiger partial charge in [-0.1, -0.05) is 54.6 Å². The summed E-state index contributed by atoms with van der Waals surface area (Å²) in [6.45, 7) is 2.82. The largest absolute Gasteiger partial charge is 0.379 e. The summed E-state index contributed by atoms with van der Waals surface area (Å²) in [5.41, 5.74) is 4.27. The highest BCUT2D eigenvalue weighted by molar-refractivity contribution is 6.00. The number of nitrogens with one attached hydrogen (secondary N) is 1. The van der Waals surface area contributed by atoms with E-state index < -0.39 is 0 Å². The molecule has 0 aliphatic carbocycles. The molecule has 1 N–H and O–H groups in total. The highest BCUT2D eigenvalue weighted by Gasteiger charge is 2.17. The third-order valence-corrected chi connectivity index (χ3v) is 5.63. The third-order valence-electron chi connectivity index (χ3n) is 5.63. The highest BCUT2D eigenvalue weighted by atomic mass is 16.5. The predicted molar refractivity (Wildman–Crippen MR) is 127 cm³/mol. The van der Waals surface area contributed by atoms with Crippen LogP contribution in [0.4, 0.5) is 5.69 Å². The standard InChI is InChI=1S/C27H25N3O3/c28-18-24-11-10-23(17-25(24)29-27(32)19-30-12-14-33-15-13-30)26(31)16-20-6-8-22(9-7-20)21-4-2-1-3-5-21/h1-11,17H,12-16,19H2,(H,29,32). The number of carbonyl (C=O) groups excluding carboxylic acids is 2. The monoisotopic (exact) mass is 439 g/mol. The molecule has 0 unspecified atom stereocenters. The van der Waals surface area contributed by atoms with Crippen LogP contribution in [0.15, 0.2) is 72.8 Å². The summed E-state index contributed by atoms with van der Waals surface area (Å²) in [6.07, 6.45) is 0.238. The van der Waals surface area contributed by atoms with E-state index in [1.807, 2.05) is 59.5 Å². The predicted octanol–water partition coefficient (Wildman–Crippen LogP) is 3.92. The van der Waals surface area contributed by atoms with Crippen LogP contribution in [-0.4, -0.2) is 49.4 Å². The first-order valence-electron chi connectivity index (χ1n) is 10.9. The van der Waals surface area contributed by atoms with Gasteiger partial charge in [0.05, 0.1) is 31.0 Å². The summed E-state index contributed by atoms with van der Waals surface area (Å²) >= 11 is 0. The van der Waals surface area contributed by atoms with Crippen molar-refractivity contribution in [3.8, 4) is 17.2 Å². The van der Waals surface area contributed by atoms with E-state index in [9.17, 15) is 14.9 Å². The quantitative estimate of drug-likeness (QED) is 0.564. The van der Waals surface area contributed by atoms with Crippen LogP contribution in [0.3, 0.4) is 0 Å². The minimum atomic E-state index is -0.213. The number of anilines is 1. The van der Waals surface area contributed by atoms with Crippen molar-refractivity contribution >= 4 is 17.4 Å². The number of nitrogens with zero attached hydrogens (tertiary/aromatic N) is 2. The zero-order valence-electron chi connectivity index (χ0n) is 18.3. The van der Waals surface area contributed by atoms with E-state index >= 15 is 0 Å². The third kappa shape index (κ3) is 5.92. The number of rotatable bonds is 7. The number of carbonyl (C=O) groups is 2. The second kappa shape index (κ2) is 10.7. The van der Waals surface area contributed by atoms with Gasteiger partial charge in [-0.2, -0.15) is 5.26 Å². The van der Waals surface area contributed by atoms with Crippen LogP contribution in [0, 0.1) is 11.3 Å². The zero-order valence-corrected chi connectivity index (χ0v) is 18.3. The molecule has 0 bridgehead atoms. The van der Waals surface area contributed by atoms with Gasteiger partial charge >= 0.3 is 0 Å². The summed E-state index contributed by atoms with van der Waals surface area (Å²) in [6, 6.07) is 24.9. The Kier molecular flexibility index (Phi) is 7.26. The Morgan fingerprint density at radius 3 is 2.33 bits per heavy atom. The molecule has 33 heavy (non-hydrogen) atoms. The normalized spacial score (nSPS) is 13.8. The fourth-order valence-corrected chi connectivity index (χ4v) is 3.80. The van der Waals surface area contributed by atoms with Gasteiger partial charge in [-0.25, -0.2) is 0 Å². The summed E-state index contributed by atoms with van der Waals surface area (Å²) in [7, 11) is 0. The lowest BCUT2D eigenvalue weighted by molar-refractivity contribution is -0.118. The van der Waals surface area contributed by atoms with Gasteiger partial charge in [-0.3, -0.25) is 14.5 Å².